The molecule has 1 saturated heterocycles. The van der Waals surface area contributed by atoms with Crippen molar-refractivity contribution in [2.45, 2.75) is 89.5 Å². The summed E-state index contributed by atoms with van der Waals surface area (Å²) < 4.78 is 17.9. The van der Waals surface area contributed by atoms with Gasteiger partial charge in [-0.05, 0) is 56.8 Å². The number of aryl methyl sites for hydroxylation is 1. The van der Waals surface area contributed by atoms with Gasteiger partial charge in [-0.3, -0.25) is 24.4 Å². The number of hydrogen-bond donors (Lipinski definition) is 7. The van der Waals surface area contributed by atoms with Crippen molar-refractivity contribution in [1.82, 2.24) is 14.6 Å². The zero-order valence-electron chi connectivity index (χ0n) is 28.0. The van der Waals surface area contributed by atoms with Gasteiger partial charge in [-0.1, -0.05) is 38.3 Å². The summed E-state index contributed by atoms with van der Waals surface area (Å²) in [6.07, 6.45) is 1.92. The average Bonchev–Trinajstić information content (AvgIpc) is 3.03. The fourth-order valence-corrected chi connectivity index (χ4v) is 5.64. The van der Waals surface area contributed by atoms with E-state index in [9.17, 15) is 20.1 Å². The maximum atomic E-state index is 12.4. The number of hydrogen-bond acceptors (Lipinski definition) is 13. The van der Waals surface area contributed by atoms with Crippen molar-refractivity contribution in [3.63, 3.8) is 0 Å². The number of unbranched alkanes of at least 4 members (excludes halogenated alkanes) is 4. The number of halogens is 1. The van der Waals surface area contributed by atoms with Crippen LogP contribution in [0.5, 0.6) is 5.75 Å². The van der Waals surface area contributed by atoms with Crippen LogP contribution >= 0.6 is 11.8 Å². The zero-order valence-corrected chi connectivity index (χ0v) is 28.7. The molecule has 0 aromatic heterocycles. The van der Waals surface area contributed by atoms with Crippen LogP contribution in [-0.4, -0.2) is 119 Å². The van der Waals surface area contributed by atoms with Gasteiger partial charge in [0.05, 0.1) is 19.3 Å². The molecular weight excluding hydrogens is 644 g/mol. The molecule has 1 unspecified atom stereocenters. The Morgan fingerprint density at radius 1 is 1.19 bits per heavy atom. The Bertz CT molecular complexity index is 1240. The minimum Gasteiger partial charge on any atom is -0.492 e. The monoisotopic (exact) mass is 696 g/mol. The minimum absolute atomic E-state index is 0.0392. The second-order valence-electron chi connectivity index (χ2n) is 12.0. The maximum Gasteiger partial charge on any atom is 0.279 e. The van der Waals surface area contributed by atoms with E-state index in [1.165, 1.54) is 0 Å². The Balaban J connectivity index is 1.39. The molecule has 3 rings (SSSR count). The van der Waals surface area contributed by atoms with E-state index in [2.05, 4.69) is 27.1 Å². The van der Waals surface area contributed by atoms with Crippen LogP contribution in [0.3, 0.4) is 0 Å². The Hall–Kier alpha value is -3.18. The van der Waals surface area contributed by atoms with Gasteiger partial charge in [0.2, 0.25) is 0 Å². The molecule has 1 aromatic carbocycles. The van der Waals surface area contributed by atoms with Gasteiger partial charge < -0.3 is 46.7 Å². The van der Waals surface area contributed by atoms with Gasteiger partial charge in [0.25, 0.3) is 5.91 Å². The average molecular weight is 697 g/mol. The molecule has 48 heavy (non-hydrogen) atoms. The van der Waals surface area contributed by atoms with Crippen LogP contribution < -0.4 is 27.3 Å². The molecule has 270 valence electrons. The summed E-state index contributed by atoms with van der Waals surface area (Å²) in [7, 11) is 0. The molecule has 0 saturated carbocycles. The molecule has 0 aliphatic carbocycles. The van der Waals surface area contributed by atoms with Crippen LogP contribution in [0.15, 0.2) is 45.8 Å². The van der Waals surface area contributed by atoms with Gasteiger partial charge >= 0.3 is 0 Å². The molecule has 0 radical (unpaired) electrons. The predicted molar refractivity (Wildman–Crippen MR) is 184 cm³/mol. The third-order valence-electron chi connectivity index (χ3n) is 8.00. The van der Waals surface area contributed by atoms with E-state index in [-0.39, 0.29) is 43.0 Å². The number of amides is 1. The summed E-state index contributed by atoms with van der Waals surface area (Å²) in [6.45, 7) is 6.34. The van der Waals surface area contributed by atoms with Crippen molar-refractivity contribution in [3.05, 3.63) is 41.3 Å². The van der Waals surface area contributed by atoms with Crippen molar-refractivity contribution in [3.8, 4) is 5.75 Å². The van der Waals surface area contributed by atoms with Crippen LogP contribution in [0, 0.1) is 0 Å². The molecule has 5 atom stereocenters. The van der Waals surface area contributed by atoms with E-state index in [0.717, 1.165) is 67.2 Å². The highest BCUT2D eigenvalue weighted by Crippen LogP contribution is 2.20. The Kier molecular flexibility index (Phi) is 16.7. The number of aliphatic imine (C=N–C) groups is 2. The smallest absolute Gasteiger partial charge is 0.279 e. The summed E-state index contributed by atoms with van der Waals surface area (Å²) in [5.41, 5.74) is 18.3. The topological polar surface area (TPSA) is 227 Å². The van der Waals surface area contributed by atoms with Gasteiger partial charge in [-0.15, -0.1) is 0 Å². The zero-order chi connectivity index (χ0) is 35.1. The molecule has 15 nitrogen and oxygen atoms in total. The first-order valence-electron chi connectivity index (χ1n) is 16.6. The molecule has 0 bridgehead atoms. The van der Waals surface area contributed by atoms with Gasteiger partial charge in [0.15, 0.2) is 23.8 Å². The van der Waals surface area contributed by atoms with E-state index in [1.54, 1.807) is 6.92 Å². The number of nitrogens with two attached hydrogens (primary N) is 3. The Labute approximate surface area is 287 Å². The number of rotatable bonds is 19. The Morgan fingerprint density at radius 2 is 1.94 bits per heavy atom. The highest BCUT2D eigenvalue weighted by Gasteiger charge is 2.38. The lowest BCUT2D eigenvalue weighted by molar-refractivity contribution is -0.272. The molecule has 16 heteroatoms. The van der Waals surface area contributed by atoms with Crippen LogP contribution in [0.1, 0.15) is 57.9 Å². The first kappa shape index (κ1) is 39.3. The summed E-state index contributed by atoms with van der Waals surface area (Å²) in [5.74, 6) is 0.184. The summed E-state index contributed by atoms with van der Waals surface area (Å²) in [5, 5.41) is 34.2. The molecule has 2 heterocycles. The molecule has 10 N–H and O–H groups in total. The molecule has 1 aromatic rings. The number of nitrogens with zero attached hydrogens (tertiary/aromatic N) is 4. The second kappa shape index (κ2) is 20.4. The number of aliphatic hydroxyl groups is 3. The van der Waals surface area contributed by atoms with Gasteiger partial charge in [-0.2, -0.15) is 0 Å². The third-order valence-corrected chi connectivity index (χ3v) is 8.28. The molecular formula is C32H53ClN8O7. The van der Waals surface area contributed by atoms with Gasteiger partial charge in [0, 0.05) is 31.4 Å². The molecule has 1 fully saturated rings. The summed E-state index contributed by atoms with van der Waals surface area (Å²) in [4.78, 5) is 22.6. The lowest BCUT2D eigenvalue weighted by Gasteiger charge is -2.37. The van der Waals surface area contributed by atoms with Crippen molar-refractivity contribution in [2.75, 3.05) is 45.9 Å². The number of aliphatic hydroxyl groups excluding tert-OH is 3. The maximum absolute atomic E-state index is 12.4. The van der Waals surface area contributed by atoms with E-state index in [4.69, 9.17) is 43.2 Å². The second-order valence-corrected chi connectivity index (χ2v) is 12.4. The van der Waals surface area contributed by atoms with Gasteiger partial charge in [-0.25, -0.2) is 4.99 Å². The number of ether oxygens (including phenoxy) is 3. The van der Waals surface area contributed by atoms with Crippen molar-refractivity contribution < 1.29 is 34.3 Å². The van der Waals surface area contributed by atoms with Crippen LogP contribution in [0.25, 0.3) is 0 Å². The third kappa shape index (κ3) is 13.0. The standard InChI is InChI=1S/C32H53ClN8O7/c1-3-4-5-8-15-40(18-24(42)28(44)29-25(43)20-47-21(2)48-29)16-17-46-23-12-10-22(11-13-23)9-6-7-14-37-32(36)39-31(45)27-30(35)38-26(34)19-41(27)33/h10-13,21,24-25,28-29,42-44H,3-9,14-20,35H2,1-2H3,(H2,34,38)(H3,36,37,39,45)/t21?,24-,25+,28+,29+/m0/s1. The van der Waals surface area contributed by atoms with Crippen LogP contribution in [0.2, 0.25) is 0 Å². The largest absolute Gasteiger partial charge is 0.492 e. The SMILES string of the molecule is CCCCCCN(CCOc1ccc(CCCCN=C(N)NC(=O)C2=C(N)N=C(N)CN2Cl)cc1)C[C@H](O)[C@@H](O)[C@@H]1OC(C)OC[C@H]1O. The predicted octanol–water partition coefficient (Wildman–Crippen LogP) is 0.500. The lowest BCUT2D eigenvalue weighted by Crippen LogP contribution is -2.55. The first-order valence-corrected chi connectivity index (χ1v) is 16.9. The van der Waals surface area contributed by atoms with Gasteiger partial charge in [0.1, 0.15) is 36.5 Å². The minimum atomic E-state index is -1.25. The number of carbonyl (C=O) groups excluding carboxylic acids is 1. The number of guanidine groups is 1. The van der Waals surface area contributed by atoms with Crippen molar-refractivity contribution >= 4 is 29.5 Å². The highest BCUT2D eigenvalue weighted by molar-refractivity contribution is 6.20. The quantitative estimate of drug-likeness (QED) is 0.0454. The molecule has 2 aliphatic rings. The summed E-state index contributed by atoms with van der Waals surface area (Å²) >= 11 is 6.04. The molecule has 2 aliphatic heterocycles. The fourth-order valence-electron chi connectivity index (χ4n) is 5.35. The summed E-state index contributed by atoms with van der Waals surface area (Å²) in [6, 6.07) is 7.90. The number of carbonyl (C=O) groups is 1. The van der Waals surface area contributed by atoms with E-state index in [1.807, 2.05) is 24.3 Å². The number of benzene rings is 1. The van der Waals surface area contributed by atoms with E-state index in [0.29, 0.717) is 19.7 Å². The number of amidine groups is 1. The van der Waals surface area contributed by atoms with Crippen molar-refractivity contribution in [1.29, 1.82) is 0 Å². The fraction of sp³-hybridized carbons (Fsp3) is 0.656. The van der Waals surface area contributed by atoms with E-state index >= 15 is 0 Å². The normalized spacial score (nSPS) is 21.6. The van der Waals surface area contributed by atoms with Crippen LogP contribution in [0.4, 0.5) is 0 Å². The number of nitrogens with one attached hydrogen (secondary N) is 1. The van der Waals surface area contributed by atoms with Crippen LogP contribution in [-0.2, 0) is 20.7 Å². The molecule has 1 amide bonds. The molecule has 0 spiro atoms. The van der Waals surface area contributed by atoms with E-state index < -0.39 is 36.6 Å². The highest BCUT2D eigenvalue weighted by atomic mass is 35.5. The van der Waals surface area contributed by atoms with Crippen molar-refractivity contribution in [2.24, 2.45) is 27.2 Å². The Morgan fingerprint density at radius 3 is 2.65 bits per heavy atom. The first-order chi connectivity index (χ1) is 23.0. The lowest BCUT2D eigenvalue weighted by atomic mass is 10.0.